The molecule has 2 aromatic rings. The lowest BCUT2D eigenvalue weighted by Crippen LogP contribution is -2.28. The zero-order valence-electron chi connectivity index (χ0n) is 10.6. The molecule has 0 saturated carbocycles. The molecule has 106 valence electrons. The van der Waals surface area contributed by atoms with Gasteiger partial charge in [0.2, 0.25) is 0 Å². The smallest absolute Gasteiger partial charge is 0.319 e. The number of carbonyl (C=O) groups is 1. The second-order valence-corrected chi connectivity index (χ2v) is 5.02. The van der Waals surface area contributed by atoms with Gasteiger partial charge in [0.15, 0.2) is 0 Å². The van der Waals surface area contributed by atoms with E-state index in [1.165, 1.54) is 17.3 Å². The molecule has 1 heterocycles. The van der Waals surface area contributed by atoms with Crippen LogP contribution in [-0.4, -0.2) is 27.4 Å². The van der Waals surface area contributed by atoms with Gasteiger partial charge in [-0.1, -0.05) is 12.1 Å². The molecule has 20 heavy (non-hydrogen) atoms. The zero-order chi connectivity index (χ0) is 14.7. The average molecular weight is 344 g/mol. The Morgan fingerprint density at radius 2 is 2.15 bits per heavy atom. The summed E-state index contributed by atoms with van der Waals surface area (Å²) in [6.45, 7) is -2.66. The normalized spacial score (nSPS) is 10.8. The van der Waals surface area contributed by atoms with Crippen LogP contribution in [0.4, 0.5) is 8.78 Å². The number of benzene rings is 1. The van der Waals surface area contributed by atoms with E-state index in [9.17, 15) is 13.6 Å². The highest BCUT2D eigenvalue weighted by Crippen LogP contribution is 2.19. The van der Waals surface area contributed by atoms with E-state index in [1.54, 1.807) is 31.3 Å². The van der Waals surface area contributed by atoms with E-state index >= 15 is 0 Å². The maximum Gasteiger partial charge on any atom is 0.319 e. The molecule has 0 aliphatic rings. The Kier molecular flexibility index (Phi) is 4.49. The summed E-state index contributed by atoms with van der Waals surface area (Å²) >= 11 is 3.29. The van der Waals surface area contributed by atoms with Crippen LogP contribution in [0.3, 0.4) is 0 Å². The molecule has 4 nitrogen and oxygen atoms in total. The fourth-order valence-electron chi connectivity index (χ4n) is 1.77. The second-order valence-electron chi connectivity index (χ2n) is 4.17. The summed E-state index contributed by atoms with van der Waals surface area (Å²) in [5.74, 6) is -0.121. The molecule has 0 atom stereocenters. The van der Waals surface area contributed by atoms with Gasteiger partial charge in [-0.05, 0) is 28.1 Å². The van der Waals surface area contributed by atoms with E-state index in [0.717, 1.165) is 4.57 Å². The van der Waals surface area contributed by atoms with Gasteiger partial charge in [-0.25, -0.2) is 4.98 Å². The number of aromatic nitrogens is 2. The van der Waals surface area contributed by atoms with Gasteiger partial charge in [-0.2, -0.15) is 8.78 Å². The lowest BCUT2D eigenvalue weighted by Gasteiger charge is -2.18. The van der Waals surface area contributed by atoms with Crippen LogP contribution in [0, 0.1) is 0 Å². The maximum atomic E-state index is 12.7. The summed E-state index contributed by atoms with van der Waals surface area (Å²) in [6.07, 6.45) is 2.48. The first kappa shape index (κ1) is 14.6. The molecule has 0 fully saturated rings. The summed E-state index contributed by atoms with van der Waals surface area (Å²) in [6, 6.07) is 6.96. The van der Waals surface area contributed by atoms with Gasteiger partial charge in [0.25, 0.3) is 5.91 Å². The molecule has 0 unspecified atom stereocenters. The predicted molar refractivity (Wildman–Crippen MR) is 73.4 cm³/mol. The summed E-state index contributed by atoms with van der Waals surface area (Å²) in [5.41, 5.74) is 0.477. The van der Waals surface area contributed by atoms with Gasteiger partial charge >= 0.3 is 6.55 Å². The quantitative estimate of drug-likeness (QED) is 0.854. The van der Waals surface area contributed by atoms with E-state index in [1.807, 2.05) is 0 Å². The number of hydrogen-bond acceptors (Lipinski definition) is 2. The number of carbonyl (C=O) groups excluding carboxylic acids is 1. The minimum atomic E-state index is -2.67. The Balaban J connectivity index is 2.16. The van der Waals surface area contributed by atoms with Crippen LogP contribution in [-0.2, 0) is 6.54 Å². The number of alkyl halides is 2. The summed E-state index contributed by atoms with van der Waals surface area (Å²) < 4.78 is 26.8. The fraction of sp³-hybridized carbons (Fsp3) is 0.231. The van der Waals surface area contributed by atoms with E-state index in [-0.39, 0.29) is 18.3 Å². The van der Waals surface area contributed by atoms with Crippen molar-refractivity contribution in [1.29, 1.82) is 0 Å². The molecule has 0 spiro atoms. The van der Waals surface area contributed by atoms with E-state index in [2.05, 4.69) is 20.9 Å². The molecular formula is C13H12BrF2N3O. The van der Waals surface area contributed by atoms with Crippen molar-refractivity contribution in [3.63, 3.8) is 0 Å². The maximum absolute atomic E-state index is 12.7. The summed E-state index contributed by atoms with van der Waals surface area (Å²) in [4.78, 5) is 17.4. The Labute approximate surface area is 123 Å². The predicted octanol–water partition coefficient (Wildman–Crippen LogP) is 3.31. The monoisotopic (exact) mass is 343 g/mol. The van der Waals surface area contributed by atoms with Gasteiger partial charge in [0, 0.05) is 23.9 Å². The molecule has 2 rings (SSSR count). The van der Waals surface area contributed by atoms with Crippen LogP contribution < -0.4 is 0 Å². The van der Waals surface area contributed by atoms with Crippen LogP contribution in [0.25, 0.3) is 0 Å². The van der Waals surface area contributed by atoms with E-state index in [0.29, 0.717) is 10.0 Å². The van der Waals surface area contributed by atoms with Crippen molar-refractivity contribution in [3.05, 3.63) is 52.5 Å². The van der Waals surface area contributed by atoms with Crippen molar-refractivity contribution >= 4 is 21.8 Å². The summed E-state index contributed by atoms with van der Waals surface area (Å²) in [5, 5.41) is 0. The first-order chi connectivity index (χ1) is 9.50. The molecule has 7 heteroatoms. The number of halogens is 3. The molecule has 0 radical (unpaired) electrons. The van der Waals surface area contributed by atoms with Crippen molar-refractivity contribution in [2.45, 2.75) is 13.1 Å². The SMILES string of the molecule is CN(Cc1nccn1C(F)F)C(=O)c1ccccc1Br. The van der Waals surface area contributed by atoms with Crippen LogP contribution in [0.2, 0.25) is 0 Å². The molecule has 0 N–H and O–H groups in total. The molecule has 0 aliphatic heterocycles. The van der Waals surface area contributed by atoms with Crippen molar-refractivity contribution in [1.82, 2.24) is 14.5 Å². The first-order valence-corrected chi connectivity index (χ1v) is 6.60. The molecule has 1 aromatic carbocycles. The highest BCUT2D eigenvalue weighted by Gasteiger charge is 2.18. The number of imidazole rings is 1. The molecule has 0 saturated heterocycles. The fourth-order valence-corrected chi connectivity index (χ4v) is 2.22. The van der Waals surface area contributed by atoms with Gasteiger partial charge < -0.3 is 4.90 Å². The topological polar surface area (TPSA) is 38.1 Å². The Hall–Kier alpha value is -1.76. The Morgan fingerprint density at radius 1 is 1.45 bits per heavy atom. The third kappa shape index (κ3) is 3.04. The standard InChI is InChI=1S/C13H12BrF2N3O/c1-18(8-11-17-6-7-19(11)13(15)16)12(20)9-4-2-3-5-10(9)14/h2-7,13H,8H2,1H3. The van der Waals surface area contributed by atoms with Crippen molar-refractivity contribution in [2.24, 2.45) is 0 Å². The molecule has 1 aromatic heterocycles. The number of rotatable bonds is 4. The molecule has 0 bridgehead atoms. The second kappa shape index (κ2) is 6.13. The van der Waals surface area contributed by atoms with E-state index in [4.69, 9.17) is 0 Å². The average Bonchev–Trinajstić information content (AvgIpc) is 2.86. The van der Waals surface area contributed by atoms with Crippen molar-refractivity contribution in [2.75, 3.05) is 7.05 Å². The Bertz CT molecular complexity index is 615. The highest BCUT2D eigenvalue weighted by atomic mass is 79.9. The third-order valence-corrected chi connectivity index (χ3v) is 3.48. The zero-order valence-corrected chi connectivity index (χ0v) is 12.2. The number of amides is 1. The van der Waals surface area contributed by atoms with E-state index < -0.39 is 6.55 Å². The van der Waals surface area contributed by atoms with Crippen molar-refractivity contribution < 1.29 is 13.6 Å². The lowest BCUT2D eigenvalue weighted by molar-refractivity contribution is 0.0612. The van der Waals surface area contributed by atoms with Crippen molar-refractivity contribution in [3.8, 4) is 0 Å². The van der Waals surface area contributed by atoms with Crippen LogP contribution in [0.1, 0.15) is 22.7 Å². The van der Waals surface area contributed by atoms with Crippen LogP contribution in [0.5, 0.6) is 0 Å². The number of hydrogen-bond donors (Lipinski definition) is 0. The lowest BCUT2D eigenvalue weighted by atomic mass is 10.2. The molecule has 0 aliphatic carbocycles. The minimum absolute atomic E-state index is 0.0114. The first-order valence-electron chi connectivity index (χ1n) is 5.80. The van der Waals surface area contributed by atoms with Crippen LogP contribution >= 0.6 is 15.9 Å². The highest BCUT2D eigenvalue weighted by molar-refractivity contribution is 9.10. The van der Waals surface area contributed by atoms with Gasteiger partial charge in [-0.3, -0.25) is 9.36 Å². The number of nitrogens with zero attached hydrogens (tertiary/aromatic N) is 3. The van der Waals surface area contributed by atoms with Gasteiger partial charge in [0.1, 0.15) is 5.82 Å². The summed E-state index contributed by atoms with van der Waals surface area (Å²) in [7, 11) is 1.55. The third-order valence-electron chi connectivity index (χ3n) is 2.79. The van der Waals surface area contributed by atoms with Gasteiger partial charge in [0.05, 0.1) is 12.1 Å². The largest absolute Gasteiger partial charge is 0.334 e. The van der Waals surface area contributed by atoms with Gasteiger partial charge in [-0.15, -0.1) is 0 Å². The van der Waals surface area contributed by atoms with Crippen LogP contribution in [0.15, 0.2) is 41.1 Å². The molecular weight excluding hydrogens is 332 g/mol. The molecule has 1 amide bonds. The minimum Gasteiger partial charge on any atom is -0.334 e. The Morgan fingerprint density at radius 3 is 2.80 bits per heavy atom.